The summed E-state index contributed by atoms with van der Waals surface area (Å²) in [7, 11) is 0. The van der Waals surface area contributed by atoms with Crippen LogP contribution in [0.2, 0.25) is 0 Å². The zero-order valence-corrected chi connectivity index (χ0v) is 10.4. The number of aromatic nitrogens is 3. The summed E-state index contributed by atoms with van der Waals surface area (Å²) in [6.07, 6.45) is 0. The Morgan fingerprint density at radius 3 is 2.59 bits per heavy atom. The Labute approximate surface area is 103 Å². The summed E-state index contributed by atoms with van der Waals surface area (Å²) in [5.41, 5.74) is 0. The molecule has 2 heterocycles. The molecule has 1 aliphatic heterocycles. The third-order valence-corrected chi connectivity index (χ3v) is 2.58. The molecule has 0 unspecified atom stereocenters. The SMILES string of the molecule is C1COCCN1.Cc1nc(SCC(=O)O)n[nH]1. The van der Waals surface area contributed by atoms with Crippen LogP contribution in [0.3, 0.4) is 0 Å². The van der Waals surface area contributed by atoms with Crippen molar-refractivity contribution in [1.82, 2.24) is 20.5 Å². The number of aromatic amines is 1. The second-order valence-electron chi connectivity index (χ2n) is 3.25. The van der Waals surface area contributed by atoms with E-state index in [1.807, 2.05) is 0 Å². The summed E-state index contributed by atoms with van der Waals surface area (Å²) in [5, 5.41) is 18.3. The summed E-state index contributed by atoms with van der Waals surface area (Å²) < 4.78 is 5.01. The number of hydrogen-bond donors (Lipinski definition) is 3. The molecule has 1 fully saturated rings. The number of nitrogens with zero attached hydrogens (tertiary/aromatic N) is 2. The molecule has 1 saturated heterocycles. The van der Waals surface area contributed by atoms with Crippen LogP contribution in [0.1, 0.15) is 5.82 Å². The number of aliphatic carboxylic acids is 1. The fraction of sp³-hybridized carbons (Fsp3) is 0.667. The van der Waals surface area contributed by atoms with Crippen molar-refractivity contribution in [3.05, 3.63) is 5.82 Å². The molecule has 1 aromatic rings. The minimum atomic E-state index is -0.863. The van der Waals surface area contributed by atoms with Gasteiger partial charge in [0.2, 0.25) is 5.16 Å². The standard InChI is InChI=1S/C5H7N3O2S.C4H9NO/c1-3-6-5(8-7-3)11-2-4(9)10;1-3-6-4-2-5-1/h2H2,1H3,(H,9,10)(H,6,7,8);5H,1-4H2. The molecule has 1 aliphatic rings. The van der Waals surface area contributed by atoms with Gasteiger partial charge in [-0.05, 0) is 6.92 Å². The molecule has 1 aromatic heterocycles. The summed E-state index contributed by atoms with van der Waals surface area (Å²) in [4.78, 5) is 14.0. The fourth-order valence-electron chi connectivity index (χ4n) is 1.03. The van der Waals surface area contributed by atoms with Crippen molar-refractivity contribution in [3.63, 3.8) is 0 Å². The number of nitrogens with one attached hydrogen (secondary N) is 2. The minimum absolute atomic E-state index is 0.00269. The van der Waals surface area contributed by atoms with Crippen molar-refractivity contribution in [2.75, 3.05) is 32.1 Å². The van der Waals surface area contributed by atoms with E-state index in [2.05, 4.69) is 20.5 Å². The molecule has 0 bridgehead atoms. The summed E-state index contributed by atoms with van der Waals surface area (Å²) in [6.45, 7) is 5.60. The van der Waals surface area contributed by atoms with Gasteiger partial charge in [0.25, 0.3) is 0 Å². The number of carboxylic acids is 1. The van der Waals surface area contributed by atoms with E-state index < -0.39 is 5.97 Å². The molecule has 7 nitrogen and oxygen atoms in total. The molecule has 0 atom stereocenters. The molecule has 0 saturated carbocycles. The van der Waals surface area contributed by atoms with E-state index in [0.29, 0.717) is 11.0 Å². The highest BCUT2D eigenvalue weighted by Crippen LogP contribution is 2.10. The topological polar surface area (TPSA) is 100 Å². The largest absolute Gasteiger partial charge is 0.481 e. The van der Waals surface area contributed by atoms with Crippen molar-refractivity contribution in [2.45, 2.75) is 12.1 Å². The first kappa shape index (κ1) is 13.9. The average Bonchev–Trinajstić information content (AvgIpc) is 2.76. The molecule has 96 valence electrons. The lowest BCUT2D eigenvalue weighted by molar-refractivity contribution is -0.133. The smallest absolute Gasteiger partial charge is 0.313 e. The van der Waals surface area contributed by atoms with Gasteiger partial charge in [-0.15, -0.1) is 5.10 Å². The lowest BCUT2D eigenvalue weighted by atomic mass is 10.5. The fourth-order valence-corrected chi connectivity index (χ4v) is 1.59. The Bertz CT molecular complexity index is 329. The Morgan fingerprint density at radius 1 is 1.53 bits per heavy atom. The van der Waals surface area contributed by atoms with Gasteiger partial charge in [0, 0.05) is 13.1 Å². The van der Waals surface area contributed by atoms with Crippen LogP contribution >= 0.6 is 11.8 Å². The van der Waals surface area contributed by atoms with Gasteiger partial charge in [-0.1, -0.05) is 11.8 Å². The van der Waals surface area contributed by atoms with Crippen molar-refractivity contribution in [2.24, 2.45) is 0 Å². The molecular weight excluding hydrogens is 244 g/mol. The highest BCUT2D eigenvalue weighted by Gasteiger charge is 2.03. The van der Waals surface area contributed by atoms with E-state index in [4.69, 9.17) is 9.84 Å². The maximum Gasteiger partial charge on any atom is 0.313 e. The average molecular weight is 260 g/mol. The number of ether oxygens (including phenoxy) is 1. The maximum atomic E-state index is 10.1. The molecule has 3 N–H and O–H groups in total. The van der Waals surface area contributed by atoms with Gasteiger partial charge in [0.15, 0.2) is 0 Å². The number of carbonyl (C=O) groups is 1. The van der Waals surface area contributed by atoms with Gasteiger partial charge >= 0.3 is 5.97 Å². The Balaban J connectivity index is 0.000000202. The zero-order chi connectivity index (χ0) is 12.5. The summed E-state index contributed by atoms with van der Waals surface area (Å²) in [5.74, 6) is -0.174. The highest BCUT2D eigenvalue weighted by atomic mass is 32.2. The summed E-state index contributed by atoms with van der Waals surface area (Å²) in [6, 6.07) is 0. The molecule has 0 amide bonds. The van der Waals surface area contributed by atoms with E-state index in [-0.39, 0.29) is 5.75 Å². The summed E-state index contributed by atoms with van der Waals surface area (Å²) >= 11 is 1.10. The van der Waals surface area contributed by atoms with Crippen molar-refractivity contribution >= 4 is 17.7 Å². The normalized spacial score (nSPS) is 14.9. The second kappa shape index (κ2) is 8.04. The van der Waals surface area contributed by atoms with Gasteiger partial charge in [-0.25, -0.2) is 4.98 Å². The van der Waals surface area contributed by atoms with Gasteiger partial charge in [-0.3, -0.25) is 9.89 Å². The van der Waals surface area contributed by atoms with Crippen molar-refractivity contribution in [3.8, 4) is 0 Å². The predicted octanol–water partition coefficient (Wildman–Crippen LogP) is -0.104. The monoisotopic (exact) mass is 260 g/mol. The first-order chi connectivity index (χ1) is 8.18. The molecule has 2 rings (SSSR count). The Kier molecular flexibility index (Phi) is 6.60. The van der Waals surface area contributed by atoms with Crippen LogP contribution < -0.4 is 5.32 Å². The molecule has 17 heavy (non-hydrogen) atoms. The number of aryl methyl sites for hydroxylation is 1. The molecular formula is C9H16N4O3S. The minimum Gasteiger partial charge on any atom is -0.481 e. The lowest BCUT2D eigenvalue weighted by Crippen LogP contribution is -2.30. The highest BCUT2D eigenvalue weighted by molar-refractivity contribution is 7.99. The first-order valence-corrected chi connectivity index (χ1v) is 6.19. The lowest BCUT2D eigenvalue weighted by Gasteiger charge is -2.10. The number of morpholine rings is 1. The third-order valence-electron chi connectivity index (χ3n) is 1.75. The van der Waals surface area contributed by atoms with Crippen LogP contribution in [0.5, 0.6) is 0 Å². The zero-order valence-electron chi connectivity index (χ0n) is 9.60. The van der Waals surface area contributed by atoms with Gasteiger partial charge in [-0.2, -0.15) is 0 Å². The van der Waals surface area contributed by atoms with Gasteiger partial charge < -0.3 is 15.2 Å². The van der Waals surface area contributed by atoms with Crippen LogP contribution in [0, 0.1) is 6.92 Å². The van der Waals surface area contributed by atoms with Crippen LogP contribution in [0.4, 0.5) is 0 Å². The number of rotatable bonds is 3. The number of hydrogen-bond acceptors (Lipinski definition) is 6. The molecule has 0 spiro atoms. The van der Waals surface area contributed by atoms with Gasteiger partial charge in [0.05, 0.1) is 19.0 Å². The predicted molar refractivity (Wildman–Crippen MR) is 63.2 cm³/mol. The van der Waals surface area contributed by atoms with Crippen LogP contribution in [0.15, 0.2) is 5.16 Å². The van der Waals surface area contributed by atoms with E-state index in [0.717, 1.165) is 38.1 Å². The second-order valence-corrected chi connectivity index (χ2v) is 4.19. The first-order valence-electron chi connectivity index (χ1n) is 5.20. The van der Waals surface area contributed by atoms with Gasteiger partial charge in [0.1, 0.15) is 5.82 Å². The van der Waals surface area contributed by atoms with Crippen molar-refractivity contribution in [1.29, 1.82) is 0 Å². The van der Waals surface area contributed by atoms with Crippen LogP contribution in [-0.4, -0.2) is 58.3 Å². The third kappa shape index (κ3) is 6.93. The number of H-pyrrole nitrogens is 1. The van der Waals surface area contributed by atoms with E-state index in [1.165, 1.54) is 0 Å². The Morgan fingerprint density at radius 2 is 2.24 bits per heavy atom. The molecule has 0 aliphatic carbocycles. The van der Waals surface area contributed by atoms with E-state index in [1.54, 1.807) is 6.92 Å². The maximum absolute atomic E-state index is 10.1. The van der Waals surface area contributed by atoms with E-state index in [9.17, 15) is 4.79 Å². The quantitative estimate of drug-likeness (QED) is 0.652. The van der Waals surface area contributed by atoms with E-state index >= 15 is 0 Å². The number of thioether (sulfide) groups is 1. The molecule has 0 aromatic carbocycles. The van der Waals surface area contributed by atoms with Crippen LogP contribution in [0.25, 0.3) is 0 Å². The van der Waals surface area contributed by atoms with Crippen molar-refractivity contribution < 1.29 is 14.6 Å². The Hall–Kier alpha value is -1.12. The van der Waals surface area contributed by atoms with Crippen LogP contribution in [-0.2, 0) is 9.53 Å². The molecule has 8 heteroatoms. The number of carboxylic acid groups (broad SMARTS) is 1. The molecule has 0 radical (unpaired) electrons.